The Bertz CT molecular complexity index is 440. The first-order valence-electron chi connectivity index (χ1n) is 6.84. The van der Waals surface area contributed by atoms with Gasteiger partial charge in [0.2, 0.25) is 0 Å². The molecule has 2 aliphatic rings. The largest absolute Gasteiger partial charge is 0.334 e. The van der Waals surface area contributed by atoms with Crippen LogP contribution in [0.3, 0.4) is 0 Å². The van der Waals surface area contributed by atoms with Crippen molar-refractivity contribution in [1.29, 1.82) is 0 Å². The van der Waals surface area contributed by atoms with Gasteiger partial charge in [-0.3, -0.25) is 4.79 Å². The van der Waals surface area contributed by atoms with Crippen molar-refractivity contribution in [3.63, 3.8) is 0 Å². The lowest BCUT2D eigenvalue weighted by Crippen LogP contribution is -2.48. The van der Waals surface area contributed by atoms with Crippen molar-refractivity contribution in [3.8, 4) is 0 Å². The molecule has 18 heavy (non-hydrogen) atoms. The zero-order valence-electron chi connectivity index (χ0n) is 10.9. The molecule has 2 saturated heterocycles. The third-order valence-electron chi connectivity index (χ3n) is 4.24. The van der Waals surface area contributed by atoms with E-state index in [9.17, 15) is 4.79 Å². The second-order valence-electron chi connectivity index (χ2n) is 5.49. The summed E-state index contributed by atoms with van der Waals surface area (Å²) in [4.78, 5) is 14.6. The number of hydrogen-bond acceptors (Lipinski definition) is 2. The van der Waals surface area contributed by atoms with Gasteiger partial charge >= 0.3 is 0 Å². The second kappa shape index (κ2) is 4.73. The molecule has 0 aliphatic carbocycles. The molecule has 3 heteroatoms. The fraction of sp³-hybridized carbons (Fsp3) is 0.533. The van der Waals surface area contributed by atoms with Crippen LogP contribution in [0.1, 0.15) is 28.8 Å². The molecule has 0 bridgehead atoms. The molecule has 3 rings (SSSR count). The maximum Gasteiger partial charge on any atom is 0.254 e. The van der Waals surface area contributed by atoms with Gasteiger partial charge in [-0.25, -0.2) is 0 Å². The highest BCUT2D eigenvalue weighted by atomic mass is 16.2. The highest BCUT2D eigenvalue weighted by molar-refractivity contribution is 5.94. The number of hydrogen-bond donors (Lipinski definition) is 1. The Morgan fingerprint density at radius 3 is 2.83 bits per heavy atom. The van der Waals surface area contributed by atoms with Crippen LogP contribution in [0.5, 0.6) is 0 Å². The number of aryl methyl sites for hydroxylation is 1. The van der Waals surface area contributed by atoms with Gasteiger partial charge in [-0.05, 0) is 37.8 Å². The molecule has 2 unspecified atom stereocenters. The second-order valence-corrected chi connectivity index (χ2v) is 5.49. The van der Waals surface area contributed by atoms with Gasteiger partial charge in [-0.2, -0.15) is 0 Å². The van der Waals surface area contributed by atoms with E-state index in [4.69, 9.17) is 0 Å². The highest BCUT2D eigenvalue weighted by Gasteiger charge is 2.37. The number of piperidine rings is 1. The topological polar surface area (TPSA) is 32.3 Å². The van der Waals surface area contributed by atoms with E-state index in [0.717, 1.165) is 31.6 Å². The minimum absolute atomic E-state index is 0.202. The minimum atomic E-state index is 0.202. The number of fused-ring (bicyclic) bond motifs is 1. The Balaban J connectivity index is 1.81. The van der Waals surface area contributed by atoms with Crippen molar-refractivity contribution >= 4 is 5.91 Å². The van der Waals surface area contributed by atoms with Gasteiger partial charge in [0.05, 0.1) is 0 Å². The molecule has 2 fully saturated rings. The van der Waals surface area contributed by atoms with Crippen LogP contribution in [0.4, 0.5) is 0 Å². The number of nitrogens with one attached hydrogen (secondary N) is 1. The lowest BCUT2D eigenvalue weighted by atomic mass is 9.91. The van der Waals surface area contributed by atoms with E-state index in [1.807, 2.05) is 31.2 Å². The summed E-state index contributed by atoms with van der Waals surface area (Å²) in [6.07, 6.45) is 2.40. The molecule has 0 saturated carbocycles. The fourth-order valence-electron chi connectivity index (χ4n) is 3.18. The van der Waals surface area contributed by atoms with Crippen molar-refractivity contribution in [2.24, 2.45) is 5.92 Å². The molecule has 0 radical (unpaired) electrons. The van der Waals surface area contributed by atoms with E-state index >= 15 is 0 Å². The van der Waals surface area contributed by atoms with Crippen molar-refractivity contribution < 1.29 is 4.79 Å². The third-order valence-corrected chi connectivity index (χ3v) is 4.24. The fourth-order valence-corrected chi connectivity index (χ4v) is 3.18. The van der Waals surface area contributed by atoms with Crippen molar-refractivity contribution in [2.75, 3.05) is 19.6 Å². The van der Waals surface area contributed by atoms with E-state index in [1.54, 1.807) is 0 Å². The van der Waals surface area contributed by atoms with Gasteiger partial charge < -0.3 is 10.2 Å². The maximum atomic E-state index is 12.6. The van der Waals surface area contributed by atoms with Gasteiger partial charge in [0, 0.05) is 31.2 Å². The van der Waals surface area contributed by atoms with Crippen LogP contribution in [-0.4, -0.2) is 36.5 Å². The van der Waals surface area contributed by atoms with Crippen LogP contribution in [0.25, 0.3) is 0 Å². The molecule has 2 aliphatic heterocycles. The lowest BCUT2D eigenvalue weighted by molar-refractivity contribution is 0.0575. The Kier molecular flexibility index (Phi) is 3.08. The number of carbonyl (C=O) groups excluding carboxylic acids is 1. The van der Waals surface area contributed by atoms with Crippen LogP contribution in [0.15, 0.2) is 24.3 Å². The molecular weight excluding hydrogens is 224 g/mol. The van der Waals surface area contributed by atoms with Crippen LogP contribution in [-0.2, 0) is 0 Å². The smallest absolute Gasteiger partial charge is 0.254 e. The predicted molar refractivity (Wildman–Crippen MR) is 71.6 cm³/mol. The van der Waals surface area contributed by atoms with Crippen LogP contribution in [0, 0.1) is 12.8 Å². The van der Waals surface area contributed by atoms with Gasteiger partial charge in [-0.15, -0.1) is 0 Å². The zero-order chi connectivity index (χ0) is 12.5. The quantitative estimate of drug-likeness (QED) is 0.817. The van der Waals surface area contributed by atoms with Crippen molar-refractivity contribution in [3.05, 3.63) is 35.4 Å². The Morgan fingerprint density at radius 2 is 2.06 bits per heavy atom. The first-order valence-corrected chi connectivity index (χ1v) is 6.84. The number of amides is 1. The molecule has 2 atom stereocenters. The summed E-state index contributed by atoms with van der Waals surface area (Å²) in [5, 5.41) is 3.42. The van der Waals surface area contributed by atoms with Crippen LogP contribution < -0.4 is 5.32 Å². The van der Waals surface area contributed by atoms with Crippen LogP contribution >= 0.6 is 0 Å². The molecule has 1 N–H and O–H groups in total. The first-order chi connectivity index (χ1) is 8.75. The highest BCUT2D eigenvalue weighted by Crippen LogP contribution is 2.27. The average Bonchev–Trinajstić information content (AvgIpc) is 2.87. The van der Waals surface area contributed by atoms with Gasteiger partial charge in [-0.1, -0.05) is 17.7 Å². The molecule has 1 aromatic carbocycles. The summed E-state index contributed by atoms with van der Waals surface area (Å²) >= 11 is 0. The summed E-state index contributed by atoms with van der Waals surface area (Å²) < 4.78 is 0. The Labute approximate surface area is 108 Å². The Morgan fingerprint density at radius 1 is 1.28 bits per heavy atom. The monoisotopic (exact) mass is 244 g/mol. The lowest BCUT2D eigenvalue weighted by Gasteiger charge is -2.37. The van der Waals surface area contributed by atoms with E-state index in [1.165, 1.54) is 12.0 Å². The maximum absolute atomic E-state index is 12.6. The average molecular weight is 244 g/mol. The standard InChI is InChI=1S/C15H20N2O/c1-11-4-6-12(7-5-11)15(18)17-8-2-3-13-9-16-10-14(13)17/h4-7,13-14,16H,2-3,8-10H2,1H3. The summed E-state index contributed by atoms with van der Waals surface area (Å²) in [5.74, 6) is 0.863. The molecule has 1 aromatic rings. The molecule has 1 amide bonds. The van der Waals surface area contributed by atoms with Gasteiger partial charge in [0.1, 0.15) is 0 Å². The Hall–Kier alpha value is -1.35. The predicted octanol–water partition coefficient (Wildman–Crippen LogP) is 1.82. The molecule has 0 spiro atoms. The SMILES string of the molecule is Cc1ccc(C(=O)N2CCCC3CNCC32)cc1. The molecule has 2 heterocycles. The molecule has 3 nitrogen and oxygen atoms in total. The summed E-state index contributed by atoms with van der Waals surface area (Å²) in [5.41, 5.74) is 2.03. The van der Waals surface area contributed by atoms with E-state index in [2.05, 4.69) is 10.2 Å². The molecule has 0 aromatic heterocycles. The number of rotatable bonds is 1. The van der Waals surface area contributed by atoms with Gasteiger partial charge in [0.25, 0.3) is 5.91 Å². The number of carbonyl (C=O) groups is 1. The number of benzene rings is 1. The molecule has 96 valence electrons. The number of likely N-dealkylation sites (tertiary alicyclic amines) is 1. The third kappa shape index (κ3) is 2.03. The van der Waals surface area contributed by atoms with E-state index < -0.39 is 0 Å². The minimum Gasteiger partial charge on any atom is -0.334 e. The zero-order valence-corrected chi connectivity index (χ0v) is 10.9. The summed E-state index contributed by atoms with van der Waals surface area (Å²) in [7, 11) is 0. The van der Waals surface area contributed by atoms with Crippen LogP contribution in [0.2, 0.25) is 0 Å². The van der Waals surface area contributed by atoms with Crippen molar-refractivity contribution in [1.82, 2.24) is 10.2 Å². The summed E-state index contributed by atoms with van der Waals surface area (Å²) in [6.45, 7) is 4.99. The van der Waals surface area contributed by atoms with Gasteiger partial charge in [0.15, 0.2) is 0 Å². The normalized spacial score (nSPS) is 27.1. The first kappa shape index (κ1) is 11.7. The van der Waals surface area contributed by atoms with E-state index in [0.29, 0.717) is 12.0 Å². The number of nitrogens with zero attached hydrogens (tertiary/aromatic N) is 1. The van der Waals surface area contributed by atoms with E-state index in [-0.39, 0.29) is 5.91 Å². The van der Waals surface area contributed by atoms with Crippen molar-refractivity contribution in [2.45, 2.75) is 25.8 Å². The molecular formula is C15H20N2O. The summed E-state index contributed by atoms with van der Waals surface area (Å²) in [6, 6.07) is 8.34.